The molecule has 0 spiro atoms. The van der Waals surface area contributed by atoms with E-state index >= 15 is 0 Å². The molecule has 0 fully saturated rings. The zero-order chi connectivity index (χ0) is 18.5. The summed E-state index contributed by atoms with van der Waals surface area (Å²) in [5.41, 5.74) is 1.51. The summed E-state index contributed by atoms with van der Waals surface area (Å²) in [5, 5.41) is 10.1. The van der Waals surface area contributed by atoms with Crippen molar-refractivity contribution in [1.29, 1.82) is 0 Å². The Morgan fingerprint density at radius 1 is 0.923 bits per heavy atom. The van der Waals surface area contributed by atoms with Gasteiger partial charge < -0.3 is 14.6 Å². The van der Waals surface area contributed by atoms with E-state index in [1.165, 1.54) is 0 Å². The minimum absolute atomic E-state index is 0.445. The molecule has 1 N–H and O–H groups in total. The van der Waals surface area contributed by atoms with E-state index in [-0.39, 0.29) is 0 Å². The third-order valence-electron chi connectivity index (χ3n) is 3.77. The van der Waals surface area contributed by atoms with Gasteiger partial charge >= 0.3 is 5.97 Å². The summed E-state index contributed by atoms with van der Waals surface area (Å²) in [4.78, 5) is 11.5. The largest absolute Gasteiger partial charge is 0.478 e. The fraction of sp³-hybridized carbons (Fsp3) is 0.0952. The lowest BCUT2D eigenvalue weighted by atomic mass is 10.1. The standard InChI is InChI=1S/C21H17ClO4/c1-14-13-18(11-12-19(14)22)25-16-7-9-17(10-8-16)26-20(21(23)24)15-5-3-2-4-6-15/h2-13,20H,1H3,(H,23,24). The zero-order valence-electron chi connectivity index (χ0n) is 14.1. The Bertz CT molecular complexity index is 892. The van der Waals surface area contributed by atoms with Crippen molar-refractivity contribution >= 4 is 17.6 Å². The van der Waals surface area contributed by atoms with Crippen molar-refractivity contribution in [2.75, 3.05) is 0 Å². The summed E-state index contributed by atoms with van der Waals surface area (Å²) in [6.45, 7) is 1.90. The average molecular weight is 369 g/mol. The fourth-order valence-corrected chi connectivity index (χ4v) is 2.55. The van der Waals surface area contributed by atoms with Crippen molar-refractivity contribution in [2.45, 2.75) is 13.0 Å². The minimum atomic E-state index is -1.07. The molecule has 4 nitrogen and oxygen atoms in total. The highest BCUT2D eigenvalue weighted by Gasteiger charge is 2.21. The lowest BCUT2D eigenvalue weighted by Gasteiger charge is -2.16. The summed E-state index contributed by atoms with van der Waals surface area (Å²) in [7, 11) is 0. The highest BCUT2D eigenvalue weighted by Crippen LogP contribution is 2.29. The maximum absolute atomic E-state index is 11.5. The quantitative estimate of drug-likeness (QED) is 0.611. The van der Waals surface area contributed by atoms with Crippen LogP contribution in [-0.2, 0) is 4.79 Å². The number of carboxylic acids is 1. The first-order chi connectivity index (χ1) is 12.5. The predicted octanol–water partition coefficient (Wildman–Crippen LogP) is 5.65. The number of aliphatic carboxylic acids is 1. The van der Waals surface area contributed by atoms with Crippen molar-refractivity contribution in [3.05, 3.63) is 88.9 Å². The van der Waals surface area contributed by atoms with Gasteiger partial charge in [-0.2, -0.15) is 0 Å². The molecule has 1 unspecified atom stereocenters. The van der Waals surface area contributed by atoms with E-state index in [1.807, 2.05) is 19.1 Å². The van der Waals surface area contributed by atoms with Gasteiger partial charge in [0, 0.05) is 10.6 Å². The maximum atomic E-state index is 11.5. The summed E-state index contributed by atoms with van der Waals surface area (Å²) >= 11 is 6.01. The zero-order valence-corrected chi connectivity index (χ0v) is 14.8. The van der Waals surface area contributed by atoms with Crippen LogP contribution in [0, 0.1) is 6.92 Å². The van der Waals surface area contributed by atoms with Gasteiger partial charge in [-0.1, -0.05) is 41.9 Å². The van der Waals surface area contributed by atoms with Crippen LogP contribution in [0.5, 0.6) is 17.2 Å². The number of benzene rings is 3. The molecule has 0 aromatic heterocycles. The van der Waals surface area contributed by atoms with Crippen LogP contribution in [0.15, 0.2) is 72.8 Å². The van der Waals surface area contributed by atoms with Crippen LogP contribution in [0.25, 0.3) is 0 Å². The first-order valence-corrected chi connectivity index (χ1v) is 8.39. The molecule has 0 aliphatic rings. The van der Waals surface area contributed by atoms with E-state index in [0.717, 1.165) is 5.56 Å². The Morgan fingerprint density at radius 2 is 1.54 bits per heavy atom. The molecular formula is C21H17ClO4. The topological polar surface area (TPSA) is 55.8 Å². The molecule has 3 aromatic rings. The monoisotopic (exact) mass is 368 g/mol. The Morgan fingerprint density at radius 3 is 2.15 bits per heavy atom. The molecule has 0 saturated carbocycles. The van der Waals surface area contributed by atoms with Crippen LogP contribution >= 0.6 is 11.6 Å². The predicted molar refractivity (Wildman–Crippen MR) is 100 cm³/mol. The van der Waals surface area contributed by atoms with Crippen molar-refractivity contribution in [1.82, 2.24) is 0 Å². The smallest absolute Gasteiger partial charge is 0.349 e. The van der Waals surface area contributed by atoms with Gasteiger partial charge in [-0.3, -0.25) is 0 Å². The normalized spacial score (nSPS) is 11.6. The Hall–Kier alpha value is -2.98. The van der Waals surface area contributed by atoms with Gasteiger partial charge in [0.25, 0.3) is 0 Å². The number of ether oxygens (including phenoxy) is 2. The van der Waals surface area contributed by atoms with Gasteiger partial charge in [0.2, 0.25) is 6.10 Å². The summed E-state index contributed by atoms with van der Waals surface area (Å²) in [6, 6.07) is 21.0. The third kappa shape index (κ3) is 4.35. The van der Waals surface area contributed by atoms with E-state index in [4.69, 9.17) is 21.1 Å². The molecule has 0 radical (unpaired) electrons. The van der Waals surface area contributed by atoms with E-state index < -0.39 is 12.1 Å². The molecule has 1 atom stereocenters. The SMILES string of the molecule is Cc1cc(Oc2ccc(OC(C(=O)O)c3ccccc3)cc2)ccc1Cl. The van der Waals surface area contributed by atoms with Crippen molar-refractivity contribution in [2.24, 2.45) is 0 Å². The first-order valence-electron chi connectivity index (χ1n) is 8.01. The lowest BCUT2D eigenvalue weighted by molar-refractivity contribution is -0.145. The second-order valence-corrected chi connectivity index (χ2v) is 6.14. The van der Waals surface area contributed by atoms with E-state index in [1.54, 1.807) is 60.7 Å². The van der Waals surface area contributed by atoms with Gasteiger partial charge in [0.1, 0.15) is 17.2 Å². The number of hydrogen-bond acceptors (Lipinski definition) is 3. The Labute approximate surface area is 156 Å². The molecule has 0 amide bonds. The molecule has 26 heavy (non-hydrogen) atoms. The van der Waals surface area contributed by atoms with Crippen LogP contribution in [0.4, 0.5) is 0 Å². The molecular weight excluding hydrogens is 352 g/mol. The number of carbonyl (C=O) groups is 1. The summed E-state index contributed by atoms with van der Waals surface area (Å²) in [6.07, 6.45) is -1.07. The molecule has 5 heteroatoms. The average Bonchev–Trinajstić information content (AvgIpc) is 2.64. The Balaban J connectivity index is 1.72. The maximum Gasteiger partial charge on any atom is 0.349 e. The van der Waals surface area contributed by atoms with Crippen LogP contribution < -0.4 is 9.47 Å². The first kappa shape index (κ1) is 17.8. The van der Waals surface area contributed by atoms with Crippen molar-refractivity contribution in [3.8, 4) is 17.2 Å². The van der Waals surface area contributed by atoms with Crippen LogP contribution in [0.3, 0.4) is 0 Å². The highest BCUT2D eigenvalue weighted by atomic mass is 35.5. The molecule has 0 saturated heterocycles. The van der Waals surface area contributed by atoms with E-state index in [2.05, 4.69) is 0 Å². The van der Waals surface area contributed by atoms with Gasteiger partial charge in [0.05, 0.1) is 0 Å². The van der Waals surface area contributed by atoms with Gasteiger partial charge in [-0.15, -0.1) is 0 Å². The summed E-state index contributed by atoms with van der Waals surface area (Å²) < 4.78 is 11.4. The number of aryl methyl sites for hydroxylation is 1. The van der Waals surface area contributed by atoms with E-state index in [0.29, 0.717) is 27.8 Å². The fourth-order valence-electron chi connectivity index (χ4n) is 2.43. The van der Waals surface area contributed by atoms with Gasteiger partial charge in [-0.25, -0.2) is 4.79 Å². The molecule has 3 aromatic carbocycles. The van der Waals surface area contributed by atoms with Gasteiger partial charge in [-0.05, 0) is 55.0 Å². The molecule has 0 heterocycles. The lowest BCUT2D eigenvalue weighted by Crippen LogP contribution is -2.18. The van der Waals surface area contributed by atoms with Crippen LogP contribution in [-0.4, -0.2) is 11.1 Å². The Kier molecular flexibility index (Phi) is 5.44. The number of rotatable bonds is 6. The molecule has 3 rings (SSSR count). The number of halogens is 1. The van der Waals surface area contributed by atoms with Crippen molar-refractivity contribution in [3.63, 3.8) is 0 Å². The second kappa shape index (κ2) is 7.93. The molecule has 0 bridgehead atoms. The minimum Gasteiger partial charge on any atom is -0.478 e. The number of carboxylic acid groups (broad SMARTS) is 1. The van der Waals surface area contributed by atoms with Crippen LogP contribution in [0.1, 0.15) is 17.2 Å². The highest BCUT2D eigenvalue weighted by molar-refractivity contribution is 6.31. The molecule has 0 aliphatic heterocycles. The second-order valence-electron chi connectivity index (χ2n) is 5.73. The van der Waals surface area contributed by atoms with E-state index in [9.17, 15) is 9.90 Å². The molecule has 0 aliphatic carbocycles. The van der Waals surface area contributed by atoms with Crippen LogP contribution in [0.2, 0.25) is 5.02 Å². The third-order valence-corrected chi connectivity index (χ3v) is 4.19. The van der Waals surface area contributed by atoms with Gasteiger partial charge in [0.15, 0.2) is 0 Å². The molecule has 132 valence electrons. The van der Waals surface area contributed by atoms with Crippen molar-refractivity contribution < 1.29 is 19.4 Å². The summed E-state index contributed by atoms with van der Waals surface area (Å²) in [5.74, 6) is 0.688. The number of hydrogen-bond donors (Lipinski definition) is 1.